The lowest BCUT2D eigenvalue weighted by atomic mass is 10.2. The lowest BCUT2D eigenvalue weighted by Gasteiger charge is -2.11. The number of ether oxygens (including phenoxy) is 1. The first-order valence-electron chi connectivity index (χ1n) is 4.97. The van der Waals surface area contributed by atoms with E-state index in [0.29, 0.717) is 16.9 Å². The van der Waals surface area contributed by atoms with Crippen LogP contribution in [0.15, 0.2) is 12.3 Å². The van der Waals surface area contributed by atoms with Crippen LogP contribution in [0.4, 0.5) is 5.69 Å². The molecule has 0 spiro atoms. The van der Waals surface area contributed by atoms with E-state index in [1.54, 1.807) is 13.0 Å². The maximum absolute atomic E-state index is 11.7. The van der Waals surface area contributed by atoms with Crippen LogP contribution in [-0.2, 0) is 4.74 Å². The molecular weight excluding hydrogens is 192 g/mol. The van der Waals surface area contributed by atoms with Crippen molar-refractivity contribution in [1.29, 1.82) is 0 Å². The zero-order valence-electron chi connectivity index (χ0n) is 9.28. The van der Waals surface area contributed by atoms with E-state index in [4.69, 9.17) is 10.5 Å². The number of anilines is 1. The zero-order chi connectivity index (χ0) is 11.4. The normalized spacial score (nSPS) is 12.2. The van der Waals surface area contributed by atoms with Gasteiger partial charge in [0.15, 0.2) is 0 Å². The highest BCUT2D eigenvalue weighted by molar-refractivity contribution is 5.91. The highest BCUT2D eigenvalue weighted by atomic mass is 16.5. The molecule has 15 heavy (non-hydrogen) atoms. The molecule has 1 unspecified atom stereocenters. The van der Waals surface area contributed by atoms with Gasteiger partial charge in [0.25, 0.3) is 0 Å². The molecule has 4 nitrogen and oxygen atoms in total. The van der Waals surface area contributed by atoms with Gasteiger partial charge >= 0.3 is 5.97 Å². The van der Waals surface area contributed by atoms with Crippen LogP contribution in [0.1, 0.15) is 36.3 Å². The Balaban J connectivity index is 2.86. The lowest BCUT2D eigenvalue weighted by Crippen LogP contribution is -2.15. The predicted molar refractivity (Wildman–Crippen MR) is 58.6 cm³/mol. The Morgan fingerprint density at radius 1 is 1.67 bits per heavy atom. The number of nitrogens with zero attached hydrogens (tertiary/aromatic N) is 1. The number of pyridine rings is 1. The fourth-order valence-electron chi connectivity index (χ4n) is 1.09. The number of nitrogens with two attached hydrogens (primary N) is 1. The molecule has 0 radical (unpaired) electrons. The summed E-state index contributed by atoms with van der Waals surface area (Å²) in [6.45, 7) is 5.57. The van der Waals surface area contributed by atoms with Crippen LogP contribution in [0, 0.1) is 6.92 Å². The van der Waals surface area contributed by atoms with Gasteiger partial charge in [0, 0.05) is 0 Å². The first-order chi connectivity index (χ1) is 7.04. The summed E-state index contributed by atoms with van der Waals surface area (Å²) in [5.41, 5.74) is 7.10. The van der Waals surface area contributed by atoms with Crippen molar-refractivity contribution in [1.82, 2.24) is 4.98 Å². The average molecular weight is 208 g/mol. The Kier molecular flexibility index (Phi) is 3.66. The molecule has 0 aliphatic carbocycles. The second kappa shape index (κ2) is 4.77. The Labute approximate surface area is 89.5 Å². The smallest absolute Gasteiger partial charge is 0.340 e. The Hall–Kier alpha value is -1.58. The third-order valence-electron chi connectivity index (χ3n) is 2.21. The first kappa shape index (κ1) is 11.5. The van der Waals surface area contributed by atoms with E-state index in [-0.39, 0.29) is 12.1 Å². The molecule has 1 aromatic heterocycles. The molecule has 82 valence electrons. The standard InChI is InChI=1S/C11H16N2O2/c1-4-7(2)15-11(14)10-5-9(12)6-13-8(10)3/h5-7H,4,12H2,1-3H3. The largest absolute Gasteiger partial charge is 0.459 e. The van der Waals surface area contributed by atoms with Gasteiger partial charge in [-0.05, 0) is 26.3 Å². The number of hydrogen-bond donors (Lipinski definition) is 1. The molecule has 1 aromatic rings. The lowest BCUT2D eigenvalue weighted by molar-refractivity contribution is 0.0333. The van der Waals surface area contributed by atoms with Gasteiger partial charge in [-0.2, -0.15) is 0 Å². The van der Waals surface area contributed by atoms with Crippen LogP contribution in [0.25, 0.3) is 0 Å². The van der Waals surface area contributed by atoms with Gasteiger partial charge < -0.3 is 10.5 Å². The van der Waals surface area contributed by atoms with Crippen molar-refractivity contribution >= 4 is 11.7 Å². The molecule has 0 saturated heterocycles. The minimum atomic E-state index is -0.360. The predicted octanol–water partition coefficient (Wildman–Crippen LogP) is 1.93. The van der Waals surface area contributed by atoms with Crippen molar-refractivity contribution in [3.63, 3.8) is 0 Å². The van der Waals surface area contributed by atoms with E-state index >= 15 is 0 Å². The summed E-state index contributed by atoms with van der Waals surface area (Å²) in [5, 5.41) is 0. The first-order valence-corrected chi connectivity index (χ1v) is 4.97. The molecule has 0 bridgehead atoms. The topological polar surface area (TPSA) is 65.2 Å². The molecule has 0 aromatic carbocycles. The molecule has 0 amide bonds. The van der Waals surface area contributed by atoms with E-state index in [0.717, 1.165) is 6.42 Å². The number of carbonyl (C=O) groups excluding carboxylic acids is 1. The SMILES string of the molecule is CCC(C)OC(=O)c1cc(N)cnc1C. The fourth-order valence-corrected chi connectivity index (χ4v) is 1.09. The molecule has 1 heterocycles. The van der Waals surface area contributed by atoms with Crippen molar-refractivity contribution in [2.24, 2.45) is 0 Å². The Morgan fingerprint density at radius 3 is 2.93 bits per heavy atom. The molecule has 0 aliphatic rings. The molecule has 0 fully saturated rings. The second-order valence-electron chi connectivity index (χ2n) is 3.53. The summed E-state index contributed by atoms with van der Waals surface area (Å²) < 4.78 is 5.19. The molecule has 0 saturated carbocycles. The van der Waals surface area contributed by atoms with E-state index in [1.165, 1.54) is 6.20 Å². The van der Waals surface area contributed by atoms with E-state index in [1.807, 2.05) is 13.8 Å². The number of esters is 1. The van der Waals surface area contributed by atoms with Crippen LogP contribution in [0.5, 0.6) is 0 Å². The van der Waals surface area contributed by atoms with Gasteiger partial charge in [0.1, 0.15) is 0 Å². The van der Waals surface area contributed by atoms with Crippen molar-refractivity contribution in [3.8, 4) is 0 Å². The summed E-state index contributed by atoms with van der Waals surface area (Å²) >= 11 is 0. The highest BCUT2D eigenvalue weighted by Gasteiger charge is 2.14. The molecule has 1 atom stereocenters. The third-order valence-corrected chi connectivity index (χ3v) is 2.21. The van der Waals surface area contributed by atoms with Gasteiger partial charge in [0.2, 0.25) is 0 Å². The van der Waals surface area contributed by atoms with Crippen LogP contribution >= 0.6 is 0 Å². The van der Waals surface area contributed by atoms with Crippen LogP contribution in [0.2, 0.25) is 0 Å². The summed E-state index contributed by atoms with van der Waals surface area (Å²) in [6.07, 6.45) is 2.23. The molecule has 2 N–H and O–H groups in total. The molecule has 1 rings (SSSR count). The Bertz CT molecular complexity index is 364. The molecular formula is C11H16N2O2. The summed E-state index contributed by atoms with van der Waals surface area (Å²) in [4.78, 5) is 15.7. The number of aryl methyl sites for hydroxylation is 1. The average Bonchev–Trinajstić information content (AvgIpc) is 2.21. The van der Waals surface area contributed by atoms with Crippen LogP contribution in [-0.4, -0.2) is 17.1 Å². The molecule has 0 aliphatic heterocycles. The van der Waals surface area contributed by atoms with E-state index in [9.17, 15) is 4.79 Å². The van der Waals surface area contributed by atoms with E-state index < -0.39 is 0 Å². The van der Waals surface area contributed by atoms with Crippen LogP contribution < -0.4 is 5.73 Å². The van der Waals surface area contributed by atoms with Crippen molar-refractivity contribution < 1.29 is 9.53 Å². The van der Waals surface area contributed by atoms with Gasteiger partial charge in [-0.25, -0.2) is 4.79 Å². The van der Waals surface area contributed by atoms with Crippen molar-refractivity contribution in [3.05, 3.63) is 23.5 Å². The monoisotopic (exact) mass is 208 g/mol. The number of nitrogen functional groups attached to an aromatic ring is 1. The minimum Gasteiger partial charge on any atom is -0.459 e. The summed E-state index contributed by atoms with van der Waals surface area (Å²) in [5.74, 6) is -0.360. The second-order valence-corrected chi connectivity index (χ2v) is 3.53. The van der Waals surface area contributed by atoms with Crippen molar-refractivity contribution in [2.45, 2.75) is 33.3 Å². The quantitative estimate of drug-likeness (QED) is 0.771. The summed E-state index contributed by atoms with van der Waals surface area (Å²) in [7, 11) is 0. The van der Waals surface area contributed by atoms with Crippen molar-refractivity contribution in [2.75, 3.05) is 5.73 Å². The van der Waals surface area contributed by atoms with Gasteiger partial charge in [-0.15, -0.1) is 0 Å². The maximum Gasteiger partial charge on any atom is 0.340 e. The number of rotatable bonds is 3. The number of aromatic nitrogens is 1. The Morgan fingerprint density at radius 2 is 2.33 bits per heavy atom. The van der Waals surface area contributed by atoms with E-state index in [2.05, 4.69) is 4.98 Å². The maximum atomic E-state index is 11.7. The van der Waals surface area contributed by atoms with Gasteiger partial charge in [-0.3, -0.25) is 4.98 Å². The highest BCUT2D eigenvalue weighted by Crippen LogP contribution is 2.12. The van der Waals surface area contributed by atoms with Gasteiger partial charge in [-0.1, -0.05) is 6.92 Å². The van der Waals surface area contributed by atoms with Gasteiger partial charge in [0.05, 0.1) is 29.2 Å². The number of carbonyl (C=O) groups is 1. The molecule has 4 heteroatoms. The fraction of sp³-hybridized carbons (Fsp3) is 0.455. The third kappa shape index (κ3) is 2.94. The zero-order valence-corrected chi connectivity index (χ0v) is 9.28. The van der Waals surface area contributed by atoms with Crippen LogP contribution in [0.3, 0.4) is 0 Å². The minimum absolute atomic E-state index is 0.0849. The summed E-state index contributed by atoms with van der Waals surface area (Å²) in [6, 6.07) is 1.59. The number of hydrogen-bond acceptors (Lipinski definition) is 4.